The van der Waals surface area contributed by atoms with Crippen LogP contribution in [0.5, 0.6) is 0 Å². The minimum Gasteiger partial charge on any atom is -0.397 e. The van der Waals surface area contributed by atoms with Gasteiger partial charge in [0.25, 0.3) is 0 Å². The van der Waals surface area contributed by atoms with Crippen molar-refractivity contribution in [2.75, 3.05) is 5.73 Å². The second-order valence-electron chi connectivity index (χ2n) is 3.66. The number of hydrogen-bond donors (Lipinski definition) is 1. The zero-order valence-corrected chi connectivity index (χ0v) is 8.99. The quantitative estimate of drug-likeness (QED) is 0.780. The summed E-state index contributed by atoms with van der Waals surface area (Å²) in [6, 6.07) is 6.62. The molecule has 90 valence electrons. The molecule has 0 aliphatic rings. The highest BCUT2D eigenvalue weighted by molar-refractivity contribution is 5.57. The van der Waals surface area contributed by atoms with E-state index in [0.29, 0.717) is 11.4 Å². The maximum Gasteiger partial charge on any atom is 0.435 e. The van der Waals surface area contributed by atoms with E-state index >= 15 is 0 Å². The van der Waals surface area contributed by atoms with E-state index in [4.69, 9.17) is 5.73 Å². The summed E-state index contributed by atoms with van der Waals surface area (Å²) in [5.41, 5.74) is 5.68. The topological polar surface area (TPSA) is 43.8 Å². The number of hydrogen-bond acceptors (Lipinski definition) is 2. The fourth-order valence-corrected chi connectivity index (χ4v) is 1.56. The maximum atomic E-state index is 12.6. The highest BCUT2D eigenvalue weighted by Gasteiger charge is 2.36. The lowest BCUT2D eigenvalue weighted by Crippen LogP contribution is -2.09. The average molecular weight is 241 g/mol. The molecule has 6 heteroatoms. The SMILES string of the molecule is Cc1cn(-c2ccccc2N)nc1C(F)(F)F. The van der Waals surface area contributed by atoms with Gasteiger partial charge in [0.2, 0.25) is 0 Å². The highest BCUT2D eigenvalue weighted by atomic mass is 19.4. The van der Waals surface area contributed by atoms with Gasteiger partial charge in [0.15, 0.2) is 5.69 Å². The highest BCUT2D eigenvalue weighted by Crippen LogP contribution is 2.31. The molecule has 0 aliphatic carbocycles. The van der Waals surface area contributed by atoms with Gasteiger partial charge < -0.3 is 5.73 Å². The van der Waals surface area contributed by atoms with Gasteiger partial charge in [0.1, 0.15) is 0 Å². The zero-order chi connectivity index (χ0) is 12.6. The van der Waals surface area contributed by atoms with Crippen LogP contribution in [0, 0.1) is 6.92 Å². The van der Waals surface area contributed by atoms with Crippen molar-refractivity contribution in [2.24, 2.45) is 0 Å². The maximum absolute atomic E-state index is 12.6. The number of alkyl halides is 3. The summed E-state index contributed by atoms with van der Waals surface area (Å²) >= 11 is 0. The van der Waals surface area contributed by atoms with Crippen molar-refractivity contribution in [2.45, 2.75) is 13.1 Å². The minimum absolute atomic E-state index is 0.0701. The molecular weight excluding hydrogens is 231 g/mol. The van der Waals surface area contributed by atoms with E-state index < -0.39 is 11.9 Å². The first-order valence-corrected chi connectivity index (χ1v) is 4.88. The summed E-state index contributed by atoms with van der Waals surface area (Å²) in [4.78, 5) is 0. The van der Waals surface area contributed by atoms with Crippen molar-refractivity contribution >= 4 is 5.69 Å². The third kappa shape index (κ3) is 2.11. The number of halogens is 3. The van der Waals surface area contributed by atoms with E-state index in [1.807, 2.05) is 0 Å². The van der Waals surface area contributed by atoms with Gasteiger partial charge in [0, 0.05) is 6.20 Å². The molecule has 0 aliphatic heterocycles. The van der Waals surface area contributed by atoms with Crippen molar-refractivity contribution in [3.8, 4) is 5.69 Å². The third-order valence-electron chi connectivity index (χ3n) is 2.35. The number of nitrogens with two attached hydrogens (primary N) is 1. The predicted octanol–water partition coefficient (Wildman–Crippen LogP) is 2.78. The van der Waals surface area contributed by atoms with Crippen LogP contribution in [0.25, 0.3) is 5.69 Å². The molecule has 1 aromatic carbocycles. The van der Waals surface area contributed by atoms with Crippen LogP contribution in [0.3, 0.4) is 0 Å². The summed E-state index contributed by atoms with van der Waals surface area (Å²) in [5.74, 6) is 0. The Morgan fingerprint density at radius 3 is 2.41 bits per heavy atom. The van der Waals surface area contributed by atoms with Crippen molar-refractivity contribution < 1.29 is 13.2 Å². The molecule has 17 heavy (non-hydrogen) atoms. The molecule has 0 atom stereocenters. The fraction of sp³-hybridized carbons (Fsp3) is 0.182. The van der Waals surface area contributed by atoms with Gasteiger partial charge in [-0.05, 0) is 24.6 Å². The molecule has 0 unspecified atom stereocenters. The summed E-state index contributed by atoms with van der Waals surface area (Å²) in [5, 5.41) is 3.52. The van der Waals surface area contributed by atoms with Crippen molar-refractivity contribution in [3.63, 3.8) is 0 Å². The molecule has 3 nitrogen and oxygen atoms in total. The first-order valence-electron chi connectivity index (χ1n) is 4.88. The molecule has 0 bridgehead atoms. The Morgan fingerprint density at radius 2 is 1.88 bits per heavy atom. The summed E-state index contributed by atoms with van der Waals surface area (Å²) in [6.45, 7) is 1.37. The monoisotopic (exact) mass is 241 g/mol. The lowest BCUT2D eigenvalue weighted by molar-refractivity contribution is -0.141. The molecule has 0 amide bonds. The van der Waals surface area contributed by atoms with Gasteiger partial charge in [0.05, 0.1) is 11.4 Å². The molecule has 0 saturated heterocycles. The standard InChI is InChI=1S/C11H10F3N3/c1-7-6-17(16-10(7)11(12,13)14)9-5-3-2-4-8(9)15/h2-6H,15H2,1H3. The Balaban J connectivity index is 2.53. The molecule has 1 aromatic heterocycles. The number of para-hydroxylation sites is 2. The average Bonchev–Trinajstić information content (AvgIpc) is 2.60. The molecule has 0 spiro atoms. The van der Waals surface area contributed by atoms with Crippen LogP contribution >= 0.6 is 0 Å². The van der Waals surface area contributed by atoms with Crippen LogP contribution in [0.2, 0.25) is 0 Å². The summed E-state index contributed by atoms with van der Waals surface area (Å²) < 4.78 is 38.9. The van der Waals surface area contributed by atoms with Crippen LogP contribution in [0.4, 0.5) is 18.9 Å². The first-order chi connectivity index (χ1) is 7.89. The van der Waals surface area contributed by atoms with Gasteiger partial charge >= 0.3 is 6.18 Å². The number of aromatic nitrogens is 2. The van der Waals surface area contributed by atoms with E-state index in [-0.39, 0.29) is 5.56 Å². The molecule has 0 fully saturated rings. The fourth-order valence-electron chi connectivity index (χ4n) is 1.56. The second-order valence-corrected chi connectivity index (χ2v) is 3.66. The molecule has 2 rings (SSSR count). The largest absolute Gasteiger partial charge is 0.435 e. The Hall–Kier alpha value is -1.98. The normalized spacial score (nSPS) is 11.8. The number of anilines is 1. The van der Waals surface area contributed by atoms with Gasteiger partial charge in [-0.1, -0.05) is 12.1 Å². The molecular formula is C11H10F3N3. The minimum atomic E-state index is -4.45. The summed E-state index contributed by atoms with van der Waals surface area (Å²) in [6.07, 6.45) is -3.13. The number of nitrogens with zero attached hydrogens (tertiary/aromatic N) is 2. The lowest BCUT2D eigenvalue weighted by atomic mass is 10.2. The van der Waals surface area contributed by atoms with E-state index in [2.05, 4.69) is 5.10 Å². The van der Waals surface area contributed by atoms with E-state index in [9.17, 15) is 13.2 Å². The van der Waals surface area contributed by atoms with Crippen LogP contribution in [-0.4, -0.2) is 9.78 Å². The van der Waals surface area contributed by atoms with Crippen molar-refractivity contribution in [1.29, 1.82) is 0 Å². The van der Waals surface area contributed by atoms with Gasteiger partial charge in [-0.25, -0.2) is 4.68 Å². The number of benzene rings is 1. The van der Waals surface area contributed by atoms with Crippen LogP contribution in [-0.2, 0) is 6.18 Å². The molecule has 0 saturated carbocycles. The molecule has 1 heterocycles. The van der Waals surface area contributed by atoms with Gasteiger partial charge in [-0.15, -0.1) is 0 Å². The van der Waals surface area contributed by atoms with Gasteiger partial charge in [-0.2, -0.15) is 18.3 Å². The van der Waals surface area contributed by atoms with E-state index in [1.165, 1.54) is 13.1 Å². The van der Waals surface area contributed by atoms with Crippen LogP contribution in [0.15, 0.2) is 30.5 Å². The Kier molecular flexibility index (Phi) is 2.57. The Bertz CT molecular complexity index is 543. The smallest absolute Gasteiger partial charge is 0.397 e. The van der Waals surface area contributed by atoms with E-state index in [1.54, 1.807) is 24.3 Å². The first kappa shape index (κ1) is 11.5. The molecule has 0 radical (unpaired) electrons. The molecule has 2 N–H and O–H groups in total. The van der Waals surface area contributed by atoms with Crippen LogP contribution in [0.1, 0.15) is 11.3 Å². The third-order valence-corrected chi connectivity index (χ3v) is 2.35. The second kappa shape index (κ2) is 3.80. The van der Waals surface area contributed by atoms with E-state index in [0.717, 1.165) is 4.68 Å². The number of rotatable bonds is 1. The predicted molar refractivity (Wildman–Crippen MR) is 57.7 cm³/mol. The molecule has 2 aromatic rings. The number of nitrogen functional groups attached to an aromatic ring is 1. The van der Waals surface area contributed by atoms with Crippen molar-refractivity contribution in [1.82, 2.24) is 9.78 Å². The zero-order valence-electron chi connectivity index (χ0n) is 8.99. The lowest BCUT2D eigenvalue weighted by Gasteiger charge is -2.05. The number of aryl methyl sites for hydroxylation is 1. The Morgan fingerprint density at radius 1 is 1.24 bits per heavy atom. The van der Waals surface area contributed by atoms with Gasteiger partial charge in [-0.3, -0.25) is 0 Å². The van der Waals surface area contributed by atoms with Crippen molar-refractivity contribution in [3.05, 3.63) is 41.7 Å². The van der Waals surface area contributed by atoms with Crippen LogP contribution < -0.4 is 5.73 Å². The summed E-state index contributed by atoms with van der Waals surface area (Å²) in [7, 11) is 0. The Labute approximate surface area is 95.7 Å².